The zero-order chi connectivity index (χ0) is 10.6. The van der Waals surface area contributed by atoms with E-state index in [1.165, 1.54) is 0 Å². The number of piperidine rings is 1. The Balaban J connectivity index is 2.34. The number of likely N-dealkylation sites (tertiary alicyclic amines) is 1. The van der Waals surface area contributed by atoms with Crippen molar-refractivity contribution < 1.29 is 14.7 Å². The maximum Gasteiger partial charge on any atom is 0.312 e. The number of aliphatic carboxylic acids is 1. The van der Waals surface area contributed by atoms with Crippen LogP contribution in [0.25, 0.3) is 0 Å². The minimum absolute atomic E-state index is 0.253. The van der Waals surface area contributed by atoms with E-state index in [0.29, 0.717) is 18.3 Å². The summed E-state index contributed by atoms with van der Waals surface area (Å²) in [6.07, 6.45) is 3.66. The first kappa shape index (κ1) is 11.4. The molecule has 0 bridgehead atoms. The number of nitrogens with zero attached hydrogens (tertiary/aromatic N) is 1. The van der Waals surface area contributed by atoms with Crippen LogP contribution in [0, 0.1) is 0 Å². The van der Waals surface area contributed by atoms with Crippen LogP contribution in [0.5, 0.6) is 0 Å². The monoisotopic (exact) mass is 217 g/mol. The number of thioether (sulfide) groups is 1. The number of carboxylic acids is 1. The highest BCUT2D eigenvalue weighted by atomic mass is 32.2. The van der Waals surface area contributed by atoms with Gasteiger partial charge in [-0.1, -0.05) is 0 Å². The SMILES string of the molecule is CSC1CCN(C(=O)CC(=O)O)CC1. The molecule has 80 valence electrons. The third-order valence-corrected chi connectivity index (χ3v) is 3.57. The second-order valence-corrected chi connectivity index (χ2v) is 4.52. The Morgan fingerprint density at radius 3 is 2.43 bits per heavy atom. The zero-order valence-corrected chi connectivity index (χ0v) is 9.05. The fourth-order valence-corrected chi connectivity index (χ4v) is 2.26. The Kier molecular flexibility index (Phi) is 4.25. The molecule has 0 unspecified atom stereocenters. The van der Waals surface area contributed by atoms with Crippen molar-refractivity contribution in [1.82, 2.24) is 4.90 Å². The van der Waals surface area contributed by atoms with E-state index in [9.17, 15) is 9.59 Å². The van der Waals surface area contributed by atoms with Gasteiger partial charge in [0.15, 0.2) is 0 Å². The molecule has 0 aliphatic carbocycles. The maximum absolute atomic E-state index is 11.3. The Bertz CT molecular complexity index is 224. The van der Waals surface area contributed by atoms with E-state index >= 15 is 0 Å². The molecule has 1 heterocycles. The van der Waals surface area contributed by atoms with Gasteiger partial charge in [-0.25, -0.2) is 0 Å². The highest BCUT2D eigenvalue weighted by molar-refractivity contribution is 7.99. The van der Waals surface area contributed by atoms with E-state index in [1.807, 2.05) is 11.8 Å². The summed E-state index contributed by atoms with van der Waals surface area (Å²) in [5.41, 5.74) is 0. The predicted molar refractivity (Wildman–Crippen MR) is 55.4 cm³/mol. The average Bonchev–Trinajstić information content (AvgIpc) is 2.17. The molecular formula is C9H15NO3S. The molecule has 1 fully saturated rings. The van der Waals surface area contributed by atoms with Crippen LogP contribution in [0.4, 0.5) is 0 Å². The van der Waals surface area contributed by atoms with E-state index in [2.05, 4.69) is 6.26 Å². The number of amides is 1. The quantitative estimate of drug-likeness (QED) is 0.711. The molecule has 0 aromatic carbocycles. The molecule has 1 N–H and O–H groups in total. The minimum atomic E-state index is -1.04. The summed E-state index contributed by atoms with van der Waals surface area (Å²) in [4.78, 5) is 23.3. The number of rotatable bonds is 3. The lowest BCUT2D eigenvalue weighted by atomic mass is 10.1. The molecule has 14 heavy (non-hydrogen) atoms. The van der Waals surface area contributed by atoms with Crippen LogP contribution in [0.2, 0.25) is 0 Å². The molecule has 1 aliphatic heterocycles. The molecule has 5 heteroatoms. The van der Waals surface area contributed by atoms with Gasteiger partial charge in [-0.2, -0.15) is 11.8 Å². The first-order valence-electron chi connectivity index (χ1n) is 4.66. The molecule has 0 radical (unpaired) electrons. The van der Waals surface area contributed by atoms with Crippen LogP contribution in [-0.4, -0.2) is 46.5 Å². The van der Waals surface area contributed by atoms with Crippen molar-refractivity contribution in [2.24, 2.45) is 0 Å². The lowest BCUT2D eigenvalue weighted by Crippen LogP contribution is -2.40. The third kappa shape index (κ3) is 3.21. The van der Waals surface area contributed by atoms with Crippen LogP contribution in [-0.2, 0) is 9.59 Å². The van der Waals surface area contributed by atoms with Crippen molar-refractivity contribution in [2.45, 2.75) is 24.5 Å². The van der Waals surface area contributed by atoms with Crippen LogP contribution in [0.1, 0.15) is 19.3 Å². The summed E-state index contributed by atoms with van der Waals surface area (Å²) in [7, 11) is 0. The average molecular weight is 217 g/mol. The first-order valence-corrected chi connectivity index (χ1v) is 5.94. The van der Waals surface area contributed by atoms with Gasteiger partial charge in [-0.3, -0.25) is 9.59 Å². The van der Waals surface area contributed by atoms with Gasteiger partial charge >= 0.3 is 5.97 Å². The highest BCUT2D eigenvalue weighted by Gasteiger charge is 2.23. The number of hydrogen-bond acceptors (Lipinski definition) is 3. The summed E-state index contributed by atoms with van der Waals surface area (Å²) in [6, 6.07) is 0. The standard InChI is InChI=1S/C9H15NO3S/c1-14-7-2-4-10(5-3-7)8(11)6-9(12)13/h7H,2-6H2,1H3,(H,12,13). The summed E-state index contributed by atoms with van der Waals surface area (Å²) in [5.74, 6) is -1.29. The van der Waals surface area contributed by atoms with Gasteiger partial charge in [0.05, 0.1) is 0 Å². The molecule has 4 nitrogen and oxygen atoms in total. The number of carboxylic acid groups (broad SMARTS) is 1. The van der Waals surface area contributed by atoms with Gasteiger partial charge in [0.1, 0.15) is 6.42 Å². The number of carbonyl (C=O) groups excluding carboxylic acids is 1. The topological polar surface area (TPSA) is 57.6 Å². The molecule has 1 rings (SSSR count). The van der Waals surface area contributed by atoms with Crippen molar-refractivity contribution in [3.63, 3.8) is 0 Å². The Morgan fingerprint density at radius 2 is 2.00 bits per heavy atom. The zero-order valence-electron chi connectivity index (χ0n) is 8.23. The van der Waals surface area contributed by atoms with Crippen molar-refractivity contribution in [3.05, 3.63) is 0 Å². The van der Waals surface area contributed by atoms with E-state index < -0.39 is 5.97 Å². The molecule has 0 atom stereocenters. The Morgan fingerprint density at radius 1 is 1.43 bits per heavy atom. The van der Waals surface area contributed by atoms with Crippen molar-refractivity contribution in [1.29, 1.82) is 0 Å². The second kappa shape index (κ2) is 5.24. The molecule has 0 spiro atoms. The smallest absolute Gasteiger partial charge is 0.312 e. The second-order valence-electron chi connectivity index (χ2n) is 3.39. The van der Waals surface area contributed by atoms with Crippen LogP contribution in [0.15, 0.2) is 0 Å². The minimum Gasteiger partial charge on any atom is -0.481 e. The van der Waals surface area contributed by atoms with Crippen molar-refractivity contribution >= 4 is 23.6 Å². The molecule has 0 aromatic rings. The fraction of sp³-hybridized carbons (Fsp3) is 0.778. The van der Waals surface area contributed by atoms with Gasteiger partial charge in [0, 0.05) is 18.3 Å². The predicted octanol–water partition coefficient (Wildman–Crippen LogP) is 0.815. The summed E-state index contributed by atoms with van der Waals surface area (Å²) >= 11 is 1.82. The van der Waals surface area contributed by atoms with Gasteiger partial charge in [-0.15, -0.1) is 0 Å². The largest absolute Gasteiger partial charge is 0.481 e. The third-order valence-electron chi connectivity index (χ3n) is 2.43. The van der Waals surface area contributed by atoms with Gasteiger partial charge in [-0.05, 0) is 19.1 Å². The van der Waals surface area contributed by atoms with Crippen LogP contribution >= 0.6 is 11.8 Å². The normalized spacial score (nSPS) is 18.2. The Labute approximate surface area is 87.7 Å². The van der Waals surface area contributed by atoms with E-state index in [-0.39, 0.29) is 12.3 Å². The molecule has 0 aromatic heterocycles. The lowest BCUT2D eigenvalue weighted by Gasteiger charge is -2.30. The first-order chi connectivity index (χ1) is 6.63. The maximum atomic E-state index is 11.3. The molecule has 1 saturated heterocycles. The highest BCUT2D eigenvalue weighted by Crippen LogP contribution is 2.21. The van der Waals surface area contributed by atoms with Crippen molar-refractivity contribution in [2.75, 3.05) is 19.3 Å². The van der Waals surface area contributed by atoms with E-state index in [0.717, 1.165) is 12.8 Å². The molecule has 0 saturated carbocycles. The van der Waals surface area contributed by atoms with E-state index in [4.69, 9.17) is 5.11 Å². The molecule has 1 amide bonds. The van der Waals surface area contributed by atoms with E-state index in [1.54, 1.807) is 4.90 Å². The molecule has 1 aliphatic rings. The number of carbonyl (C=O) groups is 2. The summed E-state index contributed by atoms with van der Waals surface area (Å²) in [6.45, 7) is 1.41. The fourth-order valence-electron chi connectivity index (χ4n) is 1.58. The van der Waals surface area contributed by atoms with Crippen LogP contribution in [0.3, 0.4) is 0 Å². The summed E-state index contributed by atoms with van der Waals surface area (Å²) in [5, 5.41) is 9.09. The van der Waals surface area contributed by atoms with Gasteiger partial charge < -0.3 is 10.0 Å². The Hall–Kier alpha value is -0.710. The van der Waals surface area contributed by atoms with Crippen LogP contribution < -0.4 is 0 Å². The van der Waals surface area contributed by atoms with Gasteiger partial charge in [0.25, 0.3) is 0 Å². The lowest BCUT2D eigenvalue weighted by molar-refractivity contribution is -0.144. The summed E-state index contributed by atoms with van der Waals surface area (Å²) < 4.78 is 0. The number of hydrogen-bond donors (Lipinski definition) is 1. The van der Waals surface area contributed by atoms with Crippen molar-refractivity contribution in [3.8, 4) is 0 Å². The van der Waals surface area contributed by atoms with Gasteiger partial charge in [0.2, 0.25) is 5.91 Å². The molecular weight excluding hydrogens is 202 g/mol.